The molecule has 1 amide bonds. The number of fused-ring (bicyclic) bond motifs is 1. The number of carbonyl (C=O) groups excluding carboxylic acids is 2. The number of benzene rings is 3. The van der Waals surface area contributed by atoms with Gasteiger partial charge in [-0.15, -0.1) is 10.2 Å². The Labute approximate surface area is 254 Å². The summed E-state index contributed by atoms with van der Waals surface area (Å²) in [6, 6.07) is 16.9. The predicted molar refractivity (Wildman–Crippen MR) is 160 cm³/mol. The molecule has 1 saturated heterocycles. The second-order valence-electron chi connectivity index (χ2n) is 9.47. The van der Waals surface area contributed by atoms with Crippen molar-refractivity contribution in [2.45, 2.75) is 16.1 Å². The monoisotopic (exact) mass is 617 g/mol. The van der Waals surface area contributed by atoms with Gasteiger partial charge in [-0.25, -0.2) is 4.39 Å². The van der Waals surface area contributed by atoms with E-state index in [4.69, 9.17) is 14.2 Å². The van der Waals surface area contributed by atoms with Gasteiger partial charge in [0.15, 0.2) is 15.8 Å². The number of aliphatic hydroxyl groups is 1. The fourth-order valence-electron chi connectivity index (χ4n) is 4.70. The highest BCUT2D eigenvalue weighted by atomic mass is 32.2. The van der Waals surface area contributed by atoms with Crippen LogP contribution in [0.15, 0.2) is 89.3 Å². The van der Waals surface area contributed by atoms with Gasteiger partial charge in [-0.05, 0) is 53.6 Å². The standard InChI is InChI=1S/C31H24FN3O6S2/c1-2-12-39-22-5-3-4-19(15-22)26-25(27(36)20-8-11-23-24(16-20)41-14-13-40-23)28(37)29(38)35(26)30-33-34-31(43-30)42-17-18-6-9-21(32)10-7-18/h2-11,15-16,26,36H,1,12-14,17H2/b27-25+/t26-/m0/s1. The summed E-state index contributed by atoms with van der Waals surface area (Å²) in [6.45, 7) is 4.68. The molecule has 0 spiro atoms. The van der Waals surface area contributed by atoms with Gasteiger partial charge in [-0.2, -0.15) is 0 Å². The summed E-state index contributed by atoms with van der Waals surface area (Å²) >= 11 is 2.51. The molecule has 6 rings (SSSR count). The van der Waals surface area contributed by atoms with E-state index in [9.17, 15) is 19.1 Å². The first-order valence-corrected chi connectivity index (χ1v) is 15.0. The van der Waals surface area contributed by atoms with Crippen molar-refractivity contribution in [3.05, 3.63) is 107 Å². The van der Waals surface area contributed by atoms with Crippen molar-refractivity contribution in [1.82, 2.24) is 10.2 Å². The van der Waals surface area contributed by atoms with Crippen molar-refractivity contribution in [2.75, 3.05) is 24.7 Å². The van der Waals surface area contributed by atoms with E-state index in [1.807, 2.05) is 0 Å². The molecule has 3 heterocycles. The normalized spacial score (nSPS) is 17.2. The van der Waals surface area contributed by atoms with Crippen LogP contribution in [-0.2, 0) is 15.3 Å². The van der Waals surface area contributed by atoms with E-state index in [1.54, 1.807) is 60.7 Å². The molecule has 218 valence electrons. The van der Waals surface area contributed by atoms with Gasteiger partial charge in [0, 0.05) is 11.3 Å². The first kappa shape index (κ1) is 28.4. The fourth-order valence-corrected chi connectivity index (χ4v) is 6.53. The Kier molecular flexibility index (Phi) is 8.12. The Morgan fingerprint density at radius 2 is 1.88 bits per heavy atom. The SMILES string of the molecule is C=CCOc1cccc([C@H]2/C(=C(\O)c3ccc4c(c3)OCCO4)C(=O)C(=O)N2c2nnc(SCc3ccc(F)cc3)s2)c1. The number of thioether (sulfide) groups is 1. The van der Waals surface area contributed by atoms with Crippen LogP contribution in [0.5, 0.6) is 17.2 Å². The summed E-state index contributed by atoms with van der Waals surface area (Å²) in [4.78, 5) is 28.4. The molecule has 9 nitrogen and oxygen atoms in total. The zero-order valence-corrected chi connectivity index (χ0v) is 24.2. The lowest BCUT2D eigenvalue weighted by molar-refractivity contribution is -0.132. The highest BCUT2D eigenvalue weighted by Crippen LogP contribution is 2.45. The molecule has 1 atom stereocenters. The number of hydrogen-bond acceptors (Lipinski definition) is 10. The molecular weight excluding hydrogens is 593 g/mol. The van der Waals surface area contributed by atoms with E-state index < -0.39 is 17.7 Å². The third-order valence-electron chi connectivity index (χ3n) is 6.68. The Morgan fingerprint density at radius 3 is 2.67 bits per heavy atom. The maximum absolute atomic E-state index is 13.6. The number of carbonyl (C=O) groups is 2. The van der Waals surface area contributed by atoms with E-state index >= 15 is 0 Å². The average Bonchev–Trinajstić information content (AvgIpc) is 3.61. The van der Waals surface area contributed by atoms with Gasteiger partial charge in [0.05, 0.1) is 11.6 Å². The number of ketones is 1. The zero-order chi connectivity index (χ0) is 29.9. The Morgan fingerprint density at radius 1 is 1.09 bits per heavy atom. The van der Waals surface area contributed by atoms with E-state index in [0.717, 1.165) is 16.9 Å². The predicted octanol–water partition coefficient (Wildman–Crippen LogP) is 5.93. The number of anilines is 1. The first-order chi connectivity index (χ1) is 20.9. The zero-order valence-electron chi connectivity index (χ0n) is 22.6. The molecular formula is C31H24FN3O6S2. The van der Waals surface area contributed by atoms with Crippen LogP contribution >= 0.6 is 23.1 Å². The number of aliphatic hydroxyl groups excluding tert-OH is 1. The molecule has 0 unspecified atom stereocenters. The van der Waals surface area contributed by atoms with Crippen LogP contribution in [0.25, 0.3) is 5.76 Å². The number of Topliss-reactive ketones (excluding diaryl/α,β-unsaturated/α-hetero) is 1. The van der Waals surface area contributed by atoms with Crippen molar-refractivity contribution in [3.8, 4) is 17.2 Å². The number of hydrogen-bond donors (Lipinski definition) is 1. The van der Waals surface area contributed by atoms with Crippen LogP contribution in [0.1, 0.15) is 22.7 Å². The van der Waals surface area contributed by atoms with Crippen LogP contribution in [0, 0.1) is 5.82 Å². The number of rotatable bonds is 9. The van der Waals surface area contributed by atoms with Gasteiger partial charge < -0.3 is 19.3 Å². The molecule has 1 fully saturated rings. The van der Waals surface area contributed by atoms with Crippen LogP contribution in [0.3, 0.4) is 0 Å². The second-order valence-corrected chi connectivity index (χ2v) is 11.6. The Hall–Kier alpha value is -4.68. The summed E-state index contributed by atoms with van der Waals surface area (Å²) in [5.74, 6) is -0.468. The minimum absolute atomic E-state index is 0.113. The number of aromatic nitrogens is 2. The smallest absolute Gasteiger partial charge is 0.301 e. The maximum Gasteiger partial charge on any atom is 0.301 e. The summed E-state index contributed by atoms with van der Waals surface area (Å²) in [6.07, 6.45) is 1.60. The Bertz CT molecular complexity index is 1740. The summed E-state index contributed by atoms with van der Waals surface area (Å²) in [5, 5.41) is 20.2. The summed E-state index contributed by atoms with van der Waals surface area (Å²) < 4.78 is 30.8. The molecule has 2 aliphatic rings. The van der Waals surface area contributed by atoms with Gasteiger partial charge in [0.25, 0.3) is 5.78 Å². The topological polar surface area (TPSA) is 111 Å². The molecule has 0 radical (unpaired) electrons. The number of nitrogens with zero attached hydrogens (tertiary/aromatic N) is 3. The highest BCUT2D eigenvalue weighted by Gasteiger charge is 2.48. The van der Waals surface area contributed by atoms with E-state index in [1.165, 1.54) is 28.8 Å². The van der Waals surface area contributed by atoms with Crippen LogP contribution in [-0.4, -0.2) is 46.8 Å². The van der Waals surface area contributed by atoms with Gasteiger partial charge in [0.1, 0.15) is 37.1 Å². The third-order valence-corrected chi connectivity index (χ3v) is 8.81. The quantitative estimate of drug-likeness (QED) is 0.0610. The van der Waals surface area contributed by atoms with Gasteiger partial charge in [-0.1, -0.05) is 60.0 Å². The van der Waals surface area contributed by atoms with E-state index in [0.29, 0.717) is 51.7 Å². The van der Waals surface area contributed by atoms with Gasteiger partial charge in [-0.3, -0.25) is 14.5 Å². The summed E-state index contributed by atoms with van der Waals surface area (Å²) in [5.41, 5.74) is 1.59. The third kappa shape index (κ3) is 5.84. The van der Waals surface area contributed by atoms with E-state index in [2.05, 4.69) is 16.8 Å². The lowest BCUT2D eigenvalue weighted by atomic mass is 9.95. The van der Waals surface area contributed by atoms with Crippen molar-refractivity contribution in [1.29, 1.82) is 0 Å². The van der Waals surface area contributed by atoms with Crippen molar-refractivity contribution >= 4 is 45.7 Å². The maximum atomic E-state index is 13.6. The van der Waals surface area contributed by atoms with Gasteiger partial charge >= 0.3 is 5.91 Å². The lowest BCUT2D eigenvalue weighted by Gasteiger charge is -2.23. The molecule has 2 aliphatic heterocycles. The van der Waals surface area contributed by atoms with Crippen molar-refractivity contribution in [2.24, 2.45) is 0 Å². The molecule has 3 aromatic carbocycles. The molecule has 0 aliphatic carbocycles. The molecule has 43 heavy (non-hydrogen) atoms. The molecule has 1 aromatic heterocycles. The lowest BCUT2D eigenvalue weighted by Crippen LogP contribution is -2.29. The average molecular weight is 618 g/mol. The number of amides is 1. The fraction of sp³-hybridized carbons (Fsp3) is 0.161. The van der Waals surface area contributed by atoms with E-state index in [-0.39, 0.29) is 28.9 Å². The van der Waals surface area contributed by atoms with Crippen LogP contribution < -0.4 is 19.1 Å². The molecule has 12 heteroatoms. The molecule has 1 N–H and O–H groups in total. The number of halogens is 1. The highest BCUT2D eigenvalue weighted by molar-refractivity contribution is 8.00. The Balaban J connectivity index is 1.39. The number of ether oxygens (including phenoxy) is 3. The molecule has 0 saturated carbocycles. The molecule has 0 bridgehead atoms. The van der Waals surface area contributed by atoms with Crippen molar-refractivity contribution < 1.29 is 33.3 Å². The van der Waals surface area contributed by atoms with Gasteiger partial charge in [0.2, 0.25) is 5.13 Å². The molecule has 4 aromatic rings. The second kappa shape index (κ2) is 12.3. The largest absolute Gasteiger partial charge is 0.507 e. The van der Waals surface area contributed by atoms with Crippen molar-refractivity contribution in [3.63, 3.8) is 0 Å². The summed E-state index contributed by atoms with van der Waals surface area (Å²) in [7, 11) is 0. The first-order valence-electron chi connectivity index (χ1n) is 13.2. The minimum atomic E-state index is -1.02. The van der Waals surface area contributed by atoms with Crippen LogP contribution in [0.4, 0.5) is 9.52 Å². The van der Waals surface area contributed by atoms with Crippen LogP contribution in [0.2, 0.25) is 0 Å². The minimum Gasteiger partial charge on any atom is -0.507 e.